The molecule has 29 heavy (non-hydrogen) atoms. The summed E-state index contributed by atoms with van der Waals surface area (Å²) in [6.45, 7) is 2.16. The fourth-order valence-electron chi connectivity index (χ4n) is 2.69. The SMILES string of the molecule is CCOc1cccc(CNC(=NC)NCCc2ccncc2C)c1OC(F)F.I. The monoisotopic (exact) mass is 520 g/mol. The molecule has 0 aliphatic rings. The van der Waals surface area contributed by atoms with Crippen LogP contribution in [0.15, 0.2) is 41.7 Å². The number of aliphatic imine (C=N–C) groups is 1. The second-order valence-electron chi connectivity index (χ2n) is 5.96. The zero-order chi connectivity index (χ0) is 20.4. The number of benzene rings is 1. The molecule has 0 fully saturated rings. The highest BCUT2D eigenvalue weighted by Crippen LogP contribution is 2.32. The van der Waals surface area contributed by atoms with E-state index in [9.17, 15) is 8.78 Å². The van der Waals surface area contributed by atoms with Gasteiger partial charge < -0.3 is 20.1 Å². The summed E-state index contributed by atoms with van der Waals surface area (Å²) in [6, 6.07) is 7.04. The number of halogens is 3. The summed E-state index contributed by atoms with van der Waals surface area (Å²) in [5.74, 6) is 0.893. The van der Waals surface area contributed by atoms with Crippen LogP contribution in [0, 0.1) is 6.92 Å². The van der Waals surface area contributed by atoms with Gasteiger partial charge in [0.2, 0.25) is 0 Å². The summed E-state index contributed by atoms with van der Waals surface area (Å²) >= 11 is 0. The molecule has 1 aromatic carbocycles. The fourth-order valence-corrected chi connectivity index (χ4v) is 2.69. The Labute approximate surface area is 187 Å². The molecule has 1 heterocycles. The molecular formula is C20H27F2IN4O2. The molecule has 0 aliphatic heterocycles. The van der Waals surface area contributed by atoms with Gasteiger partial charge in [0.1, 0.15) is 0 Å². The Kier molecular flexibility index (Phi) is 11.3. The third kappa shape index (κ3) is 8.00. The lowest BCUT2D eigenvalue weighted by atomic mass is 10.1. The van der Waals surface area contributed by atoms with Crippen molar-refractivity contribution in [1.29, 1.82) is 0 Å². The van der Waals surface area contributed by atoms with Crippen LogP contribution in [0.3, 0.4) is 0 Å². The lowest BCUT2D eigenvalue weighted by Crippen LogP contribution is -2.38. The largest absolute Gasteiger partial charge is 0.490 e. The fraction of sp³-hybridized carbons (Fsp3) is 0.400. The van der Waals surface area contributed by atoms with E-state index in [2.05, 4.69) is 25.3 Å². The molecule has 1 aromatic heterocycles. The number of nitrogens with zero attached hydrogens (tertiary/aromatic N) is 2. The third-order valence-corrected chi connectivity index (χ3v) is 4.06. The van der Waals surface area contributed by atoms with Gasteiger partial charge in [-0.1, -0.05) is 12.1 Å². The van der Waals surface area contributed by atoms with Gasteiger partial charge in [0.05, 0.1) is 6.61 Å². The van der Waals surface area contributed by atoms with Gasteiger partial charge in [-0.15, -0.1) is 24.0 Å². The van der Waals surface area contributed by atoms with Crippen LogP contribution in [0.2, 0.25) is 0 Å². The molecular weight excluding hydrogens is 493 g/mol. The van der Waals surface area contributed by atoms with E-state index in [0.717, 1.165) is 12.0 Å². The number of aromatic nitrogens is 1. The Balaban J connectivity index is 0.00000420. The number of ether oxygens (including phenoxy) is 2. The van der Waals surface area contributed by atoms with Gasteiger partial charge in [0, 0.05) is 38.1 Å². The molecule has 6 nitrogen and oxygen atoms in total. The molecule has 0 spiro atoms. The van der Waals surface area contributed by atoms with Crippen LogP contribution >= 0.6 is 24.0 Å². The number of guanidine groups is 1. The third-order valence-electron chi connectivity index (χ3n) is 4.06. The number of hydrogen-bond acceptors (Lipinski definition) is 4. The molecule has 0 atom stereocenters. The lowest BCUT2D eigenvalue weighted by Gasteiger charge is -2.17. The van der Waals surface area contributed by atoms with E-state index in [1.807, 2.05) is 19.2 Å². The van der Waals surface area contributed by atoms with Gasteiger partial charge in [0.15, 0.2) is 17.5 Å². The molecule has 0 bridgehead atoms. The smallest absolute Gasteiger partial charge is 0.387 e. The predicted octanol–water partition coefficient (Wildman–Crippen LogP) is 3.92. The first kappa shape index (κ1) is 24.9. The van der Waals surface area contributed by atoms with Gasteiger partial charge in [0.25, 0.3) is 0 Å². The maximum absolute atomic E-state index is 12.8. The van der Waals surface area contributed by atoms with Crippen molar-refractivity contribution in [2.75, 3.05) is 20.2 Å². The van der Waals surface area contributed by atoms with Crippen LogP contribution in [-0.4, -0.2) is 37.8 Å². The van der Waals surface area contributed by atoms with Crippen molar-refractivity contribution in [3.8, 4) is 11.5 Å². The van der Waals surface area contributed by atoms with Crippen LogP contribution in [0.25, 0.3) is 0 Å². The van der Waals surface area contributed by atoms with Crippen molar-refractivity contribution < 1.29 is 18.3 Å². The Morgan fingerprint density at radius 2 is 2.00 bits per heavy atom. The average Bonchev–Trinajstić information content (AvgIpc) is 2.67. The van der Waals surface area contributed by atoms with Crippen molar-refractivity contribution in [2.24, 2.45) is 4.99 Å². The van der Waals surface area contributed by atoms with E-state index in [-0.39, 0.29) is 36.3 Å². The Morgan fingerprint density at radius 3 is 2.66 bits per heavy atom. The number of alkyl halides is 2. The van der Waals surface area contributed by atoms with Gasteiger partial charge in [-0.05, 0) is 43.5 Å². The summed E-state index contributed by atoms with van der Waals surface area (Å²) in [7, 11) is 1.65. The first-order valence-corrected chi connectivity index (χ1v) is 9.08. The van der Waals surface area contributed by atoms with E-state index in [4.69, 9.17) is 4.74 Å². The molecule has 2 rings (SSSR count). The quantitative estimate of drug-likeness (QED) is 0.298. The first-order chi connectivity index (χ1) is 13.5. The van der Waals surface area contributed by atoms with Crippen LogP contribution in [-0.2, 0) is 13.0 Å². The van der Waals surface area contributed by atoms with Crippen molar-refractivity contribution in [1.82, 2.24) is 15.6 Å². The minimum atomic E-state index is -2.93. The molecule has 2 N–H and O–H groups in total. The Bertz CT molecular complexity index is 791. The van der Waals surface area contributed by atoms with Crippen LogP contribution in [0.4, 0.5) is 8.78 Å². The second-order valence-corrected chi connectivity index (χ2v) is 5.96. The Hall–Kier alpha value is -2.17. The number of nitrogens with one attached hydrogen (secondary N) is 2. The zero-order valence-electron chi connectivity index (χ0n) is 16.7. The average molecular weight is 520 g/mol. The molecule has 160 valence electrons. The highest BCUT2D eigenvalue weighted by molar-refractivity contribution is 14.0. The topological polar surface area (TPSA) is 67.8 Å². The summed E-state index contributed by atoms with van der Waals surface area (Å²) in [5, 5.41) is 6.33. The highest BCUT2D eigenvalue weighted by Gasteiger charge is 2.16. The first-order valence-electron chi connectivity index (χ1n) is 9.08. The molecule has 9 heteroatoms. The molecule has 0 unspecified atom stereocenters. The number of pyridine rings is 1. The van der Waals surface area contributed by atoms with Crippen molar-refractivity contribution >= 4 is 29.9 Å². The van der Waals surface area contributed by atoms with Crippen LogP contribution in [0.1, 0.15) is 23.6 Å². The van der Waals surface area contributed by atoms with Gasteiger partial charge in [-0.25, -0.2) is 0 Å². The number of aryl methyl sites for hydroxylation is 1. The summed E-state index contributed by atoms with van der Waals surface area (Å²) < 4.78 is 35.7. The van der Waals surface area contributed by atoms with E-state index < -0.39 is 6.61 Å². The lowest BCUT2D eigenvalue weighted by molar-refractivity contribution is -0.0520. The van der Waals surface area contributed by atoms with Gasteiger partial charge in [-0.2, -0.15) is 8.78 Å². The van der Waals surface area contributed by atoms with Crippen molar-refractivity contribution in [3.05, 3.63) is 53.3 Å². The molecule has 0 aliphatic carbocycles. The van der Waals surface area contributed by atoms with E-state index in [1.165, 1.54) is 5.56 Å². The maximum Gasteiger partial charge on any atom is 0.387 e. The van der Waals surface area contributed by atoms with Crippen molar-refractivity contribution in [2.45, 2.75) is 33.4 Å². The van der Waals surface area contributed by atoms with E-state index in [0.29, 0.717) is 30.4 Å². The Morgan fingerprint density at radius 1 is 1.21 bits per heavy atom. The number of rotatable bonds is 9. The van der Waals surface area contributed by atoms with Crippen LogP contribution in [0.5, 0.6) is 11.5 Å². The van der Waals surface area contributed by atoms with Gasteiger partial charge >= 0.3 is 6.61 Å². The van der Waals surface area contributed by atoms with Crippen molar-refractivity contribution in [3.63, 3.8) is 0 Å². The summed E-state index contributed by atoms with van der Waals surface area (Å²) in [4.78, 5) is 8.25. The number of hydrogen-bond donors (Lipinski definition) is 2. The highest BCUT2D eigenvalue weighted by atomic mass is 127. The standard InChI is InChI=1S/C20H26F2N4O2.HI/c1-4-27-17-7-5-6-16(18(17)28-19(21)22)13-26-20(23-3)25-11-9-15-8-10-24-12-14(15)2;/h5-8,10,12,19H,4,9,11,13H2,1-3H3,(H2,23,25,26);1H. The molecule has 2 aromatic rings. The molecule has 0 saturated carbocycles. The minimum absolute atomic E-state index is 0. The molecule has 0 amide bonds. The summed E-state index contributed by atoms with van der Waals surface area (Å²) in [6.07, 6.45) is 4.41. The van der Waals surface area contributed by atoms with Gasteiger partial charge in [-0.3, -0.25) is 9.98 Å². The van der Waals surface area contributed by atoms with Crippen LogP contribution < -0.4 is 20.1 Å². The minimum Gasteiger partial charge on any atom is -0.490 e. The second kappa shape index (κ2) is 13.1. The molecule has 0 radical (unpaired) electrons. The predicted molar refractivity (Wildman–Crippen MR) is 121 cm³/mol. The van der Waals surface area contributed by atoms with E-state index in [1.54, 1.807) is 38.4 Å². The zero-order valence-corrected chi connectivity index (χ0v) is 19.1. The molecule has 0 saturated heterocycles. The van der Waals surface area contributed by atoms with E-state index >= 15 is 0 Å². The maximum atomic E-state index is 12.8. The number of para-hydroxylation sites is 1. The summed E-state index contributed by atoms with van der Waals surface area (Å²) in [5.41, 5.74) is 2.89. The normalized spacial score (nSPS) is 11.0.